The molecule has 1 unspecified atom stereocenters. The fourth-order valence-corrected chi connectivity index (χ4v) is 3.00. The number of hydrogen-bond acceptors (Lipinski definition) is 3. The van der Waals surface area contributed by atoms with Crippen molar-refractivity contribution in [1.82, 2.24) is 4.90 Å². The first kappa shape index (κ1) is 10.8. The van der Waals surface area contributed by atoms with Gasteiger partial charge in [0.25, 0.3) is 0 Å². The van der Waals surface area contributed by atoms with Gasteiger partial charge >= 0.3 is 5.97 Å². The van der Waals surface area contributed by atoms with Crippen LogP contribution in [-0.2, 0) is 9.59 Å². The van der Waals surface area contributed by atoms with Crippen LogP contribution in [0.2, 0.25) is 0 Å². The Kier molecular flexibility index (Phi) is 3.19. The number of carbonyl (C=O) groups is 2. The highest BCUT2D eigenvalue weighted by atomic mass is 32.2. The van der Waals surface area contributed by atoms with Crippen molar-refractivity contribution < 1.29 is 14.7 Å². The first-order valence-corrected chi connectivity index (χ1v) is 6.46. The standard InChI is InChI=1S/C10H15NO3S/c12-9(7-2-1-3-7)11-4-5-15-6-8(11)10(13)14/h7-8H,1-6H2,(H,13,14). The highest BCUT2D eigenvalue weighted by Crippen LogP contribution is 2.30. The Balaban J connectivity index is 2.03. The molecule has 2 fully saturated rings. The van der Waals surface area contributed by atoms with Crippen LogP contribution in [0.15, 0.2) is 0 Å². The van der Waals surface area contributed by atoms with E-state index in [4.69, 9.17) is 5.11 Å². The van der Waals surface area contributed by atoms with Crippen molar-refractivity contribution in [2.45, 2.75) is 25.3 Å². The van der Waals surface area contributed by atoms with Crippen LogP contribution in [0.25, 0.3) is 0 Å². The van der Waals surface area contributed by atoms with E-state index >= 15 is 0 Å². The van der Waals surface area contributed by atoms with E-state index in [9.17, 15) is 9.59 Å². The Hall–Kier alpha value is -0.710. The zero-order chi connectivity index (χ0) is 10.8. The maximum atomic E-state index is 11.9. The fourth-order valence-electron chi connectivity index (χ4n) is 1.96. The van der Waals surface area contributed by atoms with E-state index in [1.54, 1.807) is 16.7 Å². The average molecular weight is 229 g/mol. The van der Waals surface area contributed by atoms with Crippen LogP contribution in [0.4, 0.5) is 0 Å². The van der Waals surface area contributed by atoms with Crippen molar-refractivity contribution in [2.24, 2.45) is 5.92 Å². The molecule has 0 aromatic rings. The topological polar surface area (TPSA) is 57.6 Å². The molecule has 84 valence electrons. The third-order valence-electron chi connectivity index (χ3n) is 3.15. The Morgan fingerprint density at radius 1 is 1.33 bits per heavy atom. The molecule has 0 aromatic carbocycles. The molecular formula is C10H15NO3S. The summed E-state index contributed by atoms with van der Waals surface area (Å²) in [6.45, 7) is 0.594. The van der Waals surface area contributed by atoms with Crippen molar-refractivity contribution >= 4 is 23.6 Å². The molecule has 0 bridgehead atoms. The molecule has 1 saturated heterocycles. The molecule has 0 aromatic heterocycles. The lowest BCUT2D eigenvalue weighted by Gasteiger charge is -2.37. The molecular weight excluding hydrogens is 214 g/mol. The monoisotopic (exact) mass is 229 g/mol. The van der Waals surface area contributed by atoms with Gasteiger partial charge in [0.1, 0.15) is 6.04 Å². The lowest BCUT2D eigenvalue weighted by Crippen LogP contribution is -2.53. The van der Waals surface area contributed by atoms with Gasteiger partial charge in [-0.1, -0.05) is 6.42 Å². The van der Waals surface area contributed by atoms with Gasteiger partial charge in [-0.05, 0) is 12.8 Å². The number of carboxylic acid groups (broad SMARTS) is 1. The molecule has 2 rings (SSSR count). The molecule has 0 radical (unpaired) electrons. The van der Waals surface area contributed by atoms with E-state index in [2.05, 4.69) is 0 Å². The summed E-state index contributed by atoms with van der Waals surface area (Å²) in [5.74, 6) is 0.703. The van der Waals surface area contributed by atoms with Crippen LogP contribution in [0, 0.1) is 5.92 Å². The largest absolute Gasteiger partial charge is 0.480 e. The summed E-state index contributed by atoms with van der Waals surface area (Å²) in [5.41, 5.74) is 0. The minimum atomic E-state index is -0.866. The lowest BCUT2D eigenvalue weighted by molar-refractivity contribution is -0.152. The number of carbonyl (C=O) groups excluding carboxylic acids is 1. The predicted octanol–water partition coefficient (Wildman–Crippen LogP) is 0.815. The number of aliphatic carboxylic acids is 1. The first-order chi connectivity index (χ1) is 7.20. The SMILES string of the molecule is O=C(O)C1CSCCN1C(=O)C1CCC1. The summed E-state index contributed by atoms with van der Waals surface area (Å²) < 4.78 is 0. The molecule has 15 heavy (non-hydrogen) atoms. The minimum absolute atomic E-state index is 0.0638. The lowest BCUT2D eigenvalue weighted by atomic mass is 9.84. The summed E-state index contributed by atoms with van der Waals surface area (Å²) in [6.07, 6.45) is 2.99. The van der Waals surface area contributed by atoms with Gasteiger partial charge in [0.05, 0.1) is 0 Å². The molecule has 1 heterocycles. The summed E-state index contributed by atoms with van der Waals surface area (Å²) in [6, 6.07) is -0.600. The quantitative estimate of drug-likeness (QED) is 0.761. The maximum absolute atomic E-state index is 11.9. The predicted molar refractivity (Wildman–Crippen MR) is 57.8 cm³/mol. The molecule has 1 amide bonds. The Morgan fingerprint density at radius 3 is 2.60 bits per heavy atom. The van der Waals surface area contributed by atoms with Gasteiger partial charge < -0.3 is 10.0 Å². The second kappa shape index (κ2) is 4.43. The van der Waals surface area contributed by atoms with Crippen LogP contribution in [0.1, 0.15) is 19.3 Å². The number of nitrogens with zero attached hydrogens (tertiary/aromatic N) is 1. The fraction of sp³-hybridized carbons (Fsp3) is 0.800. The van der Waals surface area contributed by atoms with E-state index in [0.717, 1.165) is 25.0 Å². The number of thioether (sulfide) groups is 1. The number of amides is 1. The maximum Gasteiger partial charge on any atom is 0.327 e. The Morgan fingerprint density at radius 2 is 2.07 bits per heavy atom. The molecule has 4 nitrogen and oxygen atoms in total. The van der Waals surface area contributed by atoms with Crippen LogP contribution in [0.5, 0.6) is 0 Å². The van der Waals surface area contributed by atoms with Crippen molar-refractivity contribution in [2.75, 3.05) is 18.1 Å². The third kappa shape index (κ3) is 2.12. The van der Waals surface area contributed by atoms with Gasteiger partial charge in [0, 0.05) is 24.0 Å². The van der Waals surface area contributed by atoms with Gasteiger partial charge in [0.2, 0.25) is 5.91 Å². The highest BCUT2D eigenvalue weighted by molar-refractivity contribution is 7.99. The zero-order valence-electron chi connectivity index (χ0n) is 8.52. The molecule has 2 aliphatic rings. The van der Waals surface area contributed by atoms with E-state index in [-0.39, 0.29) is 11.8 Å². The number of rotatable bonds is 2. The van der Waals surface area contributed by atoms with Crippen LogP contribution in [-0.4, -0.2) is 46.0 Å². The average Bonchev–Trinajstić information content (AvgIpc) is 2.15. The van der Waals surface area contributed by atoms with E-state index in [0.29, 0.717) is 12.3 Å². The summed E-state index contributed by atoms with van der Waals surface area (Å²) in [7, 11) is 0. The van der Waals surface area contributed by atoms with Crippen molar-refractivity contribution in [3.05, 3.63) is 0 Å². The van der Waals surface area contributed by atoms with E-state index < -0.39 is 12.0 Å². The van der Waals surface area contributed by atoms with Crippen LogP contribution in [0.3, 0.4) is 0 Å². The summed E-state index contributed by atoms with van der Waals surface area (Å²) >= 11 is 1.62. The van der Waals surface area contributed by atoms with Gasteiger partial charge in [-0.3, -0.25) is 4.79 Å². The van der Waals surface area contributed by atoms with Gasteiger partial charge in [-0.2, -0.15) is 11.8 Å². The van der Waals surface area contributed by atoms with E-state index in [1.165, 1.54) is 0 Å². The molecule has 1 aliphatic carbocycles. The van der Waals surface area contributed by atoms with Gasteiger partial charge in [-0.25, -0.2) is 4.79 Å². The van der Waals surface area contributed by atoms with Crippen molar-refractivity contribution in [3.63, 3.8) is 0 Å². The smallest absolute Gasteiger partial charge is 0.327 e. The molecule has 1 N–H and O–H groups in total. The highest BCUT2D eigenvalue weighted by Gasteiger charge is 2.37. The second-order valence-corrected chi connectivity index (χ2v) is 5.24. The van der Waals surface area contributed by atoms with E-state index in [1.807, 2.05) is 0 Å². The van der Waals surface area contributed by atoms with Crippen molar-refractivity contribution in [3.8, 4) is 0 Å². The van der Waals surface area contributed by atoms with Crippen LogP contribution < -0.4 is 0 Å². The normalized spacial score (nSPS) is 27.2. The Labute approximate surface area is 93.0 Å². The summed E-state index contributed by atoms with van der Waals surface area (Å²) in [5, 5.41) is 9.02. The summed E-state index contributed by atoms with van der Waals surface area (Å²) in [4.78, 5) is 24.5. The van der Waals surface area contributed by atoms with Gasteiger partial charge in [-0.15, -0.1) is 0 Å². The number of carboxylic acids is 1. The van der Waals surface area contributed by atoms with Crippen molar-refractivity contribution in [1.29, 1.82) is 0 Å². The Bertz CT molecular complexity index is 278. The minimum Gasteiger partial charge on any atom is -0.480 e. The van der Waals surface area contributed by atoms with Crippen LogP contribution >= 0.6 is 11.8 Å². The molecule has 1 atom stereocenters. The molecule has 5 heteroatoms. The first-order valence-electron chi connectivity index (χ1n) is 5.31. The molecule has 0 spiro atoms. The van der Waals surface area contributed by atoms with Gasteiger partial charge in [0.15, 0.2) is 0 Å². The second-order valence-electron chi connectivity index (χ2n) is 4.09. The zero-order valence-corrected chi connectivity index (χ0v) is 9.33. The number of hydrogen-bond donors (Lipinski definition) is 1. The molecule has 1 saturated carbocycles. The molecule has 1 aliphatic heterocycles. The third-order valence-corrected chi connectivity index (χ3v) is 4.17.